The largest absolute Gasteiger partial charge is 0.365 e. The minimum absolute atomic E-state index is 0.423. The summed E-state index contributed by atoms with van der Waals surface area (Å²) in [6.07, 6.45) is 3.74. The highest BCUT2D eigenvalue weighted by Gasteiger charge is 2.24. The molecule has 15 heavy (non-hydrogen) atoms. The summed E-state index contributed by atoms with van der Waals surface area (Å²) < 4.78 is 0. The van der Waals surface area contributed by atoms with Crippen LogP contribution in [0.5, 0.6) is 0 Å². The van der Waals surface area contributed by atoms with Crippen LogP contribution < -0.4 is 5.32 Å². The van der Waals surface area contributed by atoms with Gasteiger partial charge >= 0.3 is 0 Å². The molecule has 3 heteroatoms. The maximum atomic E-state index is 4.54. The molecule has 1 rings (SSSR count). The molecule has 0 spiro atoms. The maximum Gasteiger partial charge on any atom is 0.156 e. The van der Waals surface area contributed by atoms with Crippen molar-refractivity contribution in [2.45, 2.75) is 52.2 Å². The number of rotatable bonds is 4. The third-order valence-corrected chi connectivity index (χ3v) is 3.51. The topological polar surface area (TPSA) is 24.4 Å². The van der Waals surface area contributed by atoms with Gasteiger partial charge in [-0.1, -0.05) is 45.9 Å². The molecule has 1 atom stereocenters. The van der Waals surface area contributed by atoms with Gasteiger partial charge in [0.1, 0.15) is 0 Å². The van der Waals surface area contributed by atoms with Crippen molar-refractivity contribution in [3.63, 3.8) is 0 Å². The molecule has 1 heterocycles. The zero-order valence-corrected chi connectivity index (χ0v) is 11.3. The number of nitrogens with one attached hydrogen (secondary N) is 1. The molecule has 0 saturated heterocycles. The number of amidine groups is 1. The molecular formula is C12H24N2S. The van der Waals surface area contributed by atoms with Gasteiger partial charge in [0.2, 0.25) is 0 Å². The van der Waals surface area contributed by atoms with Gasteiger partial charge in [0.25, 0.3) is 0 Å². The lowest BCUT2D eigenvalue weighted by Gasteiger charge is -2.21. The molecule has 1 N–H and O–H groups in total. The van der Waals surface area contributed by atoms with Crippen molar-refractivity contribution < 1.29 is 0 Å². The maximum absolute atomic E-state index is 4.54. The molecule has 0 aromatic carbocycles. The highest BCUT2D eigenvalue weighted by atomic mass is 32.2. The quantitative estimate of drug-likeness (QED) is 0.747. The highest BCUT2D eigenvalue weighted by Crippen LogP contribution is 2.31. The van der Waals surface area contributed by atoms with E-state index < -0.39 is 0 Å². The second-order valence-corrected chi connectivity index (χ2v) is 6.72. The molecule has 88 valence electrons. The average molecular weight is 228 g/mol. The predicted octanol–water partition coefficient (Wildman–Crippen LogP) is 3.28. The molecule has 0 aliphatic carbocycles. The first-order valence-electron chi connectivity index (χ1n) is 5.96. The van der Waals surface area contributed by atoms with E-state index in [0.29, 0.717) is 10.7 Å². The van der Waals surface area contributed by atoms with E-state index in [1.807, 2.05) is 11.8 Å². The molecule has 0 saturated carbocycles. The van der Waals surface area contributed by atoms with Gasteiger partial charge in [-0.05, 0) is 18.3 Å². The molecule has 1 aliphatic rings. The lowest BCUT2D eigenvalue weighted by Crippen LogP contribution is -2.21. The standard InChI is InChI=1S/C12H24N2S/c1-5-6-7-13-11-14-9-10(15-11)8-12(2,3)4/h10H,5-9H2,1-4H3,(H,13,14). The van der Waals surface area contributed by atoms with Crippen LogP contribution in [-0.4, -0.2) is 23.5 Å². The minimum Gasteiger partial charge on any atom is -0.365 e. The number of aliphatic imine (C=N–C) groups is 1. The van der Waals surface area contributed by atoms with Gasteiger partial charge in [-0.3, -0.25) is 4.99 Å². The first-order chi connectivity index (χ1) is 7.01. The molecule has 0 aromatic heterocycles. The molecule has 0 aromatic rings. The zero-order valence-electron chi connectivity index (χ0n) is 10.5. The SMILES string of the molecule is CCCCNC1=NCC(CC(C)(C)C)S1. The minimum atomic E-state index is 0.423. The summed E-state index contributed by atoms with van der Waals surface area (Å²) >= 11 is 1.93. The van der Waals surface area contributed by atoms with Crippen LogP contribution in [0.15, 0.2) is 4.99 Å². The number of thioether (sulfide) groups is 1. The number of hydrogen-bond acceptors (Lipinski definition) is 3. The summed E-state index contributed by atoms with van der Waals surface area (Å²) in [6.45, 7) is 11.2. The Bertz CT molecular complexity index is 218. The molecule has 0 fully saturated rings. The first-order valence-corrected chi connectivity index (χ1v) is 6.84. The molecule has 0 bridgehead atoms. The van der Waals surface area contributed by atoms with Crippen molar-refractivity contribution in [1.29, 1.82) is 0 Å². The Balaban J connectivity index is 2.19. The fourth-order valence-electron chi connectivity index (χ4n) is 1.68. The lowest BCUT2D eigenvalue weighted by molar-refractivity contribution is 0.375. The number of hydrogen-bond donors (Lipinski definition) is 1. The van der Waals surface area contributed by atoms with Crippen molar-refractivity contribution in [2.75, 3.05) is 13.1 Å². The van der Waals surface area contributed by atoms with E-state index in [4.69, 9.17) is 0 Å². The van der Waals surface area contributed by atoms with Crippen LogP contribution in [0.2, 0.25) is 0 Å². The zero-order chi connectivity index (χ0) is 11.3. The van der Waals surface area contributed by atoms with Crippen molar-refractivity contribution in [3.05, 3.63) is 0 Å². The van der Waals surface area contributed by atoms with E-state index in [-0.39, 0.29) is 0 Å². The van der Waals surface area contributed by atoms with Crippen molar-refractivity contribution >= 4 is 16.9 Å². The van der Waals surface area contributed by atoms with Gasteiger partial charge in [-0.15, -0.1) is 0 Å². The summed E-state index contributed by atoms with van der Waals surface area (Å²) in [6, 6.07) is 0. The van der Waals surface area contributed by atoms with Crippen LogP contribution in [0.3, 0.4) is 0 Å². The summed E-state index contributed by atoms with van der Waals surface area (Å²) in [4.78, 5) is 4.54. The molecule has 1 aliphatic heterocycles. The molecular weight excluding hydrogens is 204 g/mol. The van der Waals surface area contributed by atoms with Crippen LogP contribution >= 0.6 is 11.8 Å². The molecule has 0 radical (unpaired) electrons. The Labute approximate surface area is 98.3 Å². The number of unbranched alkanes of at least 4 members (excludes halogenated alkanes) is 1. The van der Waals surface area contributed by atoms with E-state index in [1.165, 1.54) is 19.3 Å². The molecule has 2 nitrogen and oxygen atoms in total. The fraction of sp³-hybridized carbons (Fsp3) is 0.917. The van der Waals surface area contributed by atoms with Crippen molar-refractivity contribution in [1.82, 2.24) is 5.32 Å². The van der Waals surface area contributed by atoms with Gasteiger partial charge < -0.3 is 5.32 Å². The first kappa shape index (κ1) is 12.9. The normalized spacial score (nSPS) is 21.6. The molecule has 1 unspecified atom stereocenters. The van der Waals surface area contributed by atoms with E-state index in [1.54, 1.807) is 0 Å². The molecule has 0 amide bonds. The smallest absolute Gasteiger partial charge is 0.156 e. The fourth-order valence-corrected chi connectivity index (χ4v) is 3.06. The van der Waals surface area contributed by atoms with Crippen LogP contribution in [0, 0.1) is 5.41 Å². The van der Waals surface area contributed by atoms with E-state index in [9.17, 15) is 0 Å². The second-order valence-electron chi connectivity index (χ2n) is 5.43. The summed E-state index contributed by atoms with van der Waals surface area (Å²) in [5.41, 5.74) is 0.423. The van der Waals surface area contributed by atoms with Gasteiger partial charge in [0.15, 0.2) is 5.17 Å². The van der Waals surface area contributed by atoms with Crippen LogP contribution in [-0.2, 0) is 0 Å². The summed E-state index contributed by atoms with van der Waals surface area (Å²) in [5, 5.41) is 5.26. The lowest BCUT2D eigenvalue weighted by atomic mass is 9.90. The Hall–Kier alpha value is -0.180. The monoisotopic (exact) mass is 228 g/mol. The summed E-state index contributed by atoms with van der Waals surface area (Å²) in [7, 11) is 0. The van der Waals surface area contributed by atoms with E-state index in [2.05, 4.69) is 38.0 Å². The predicted molar refractivity (Wildman–Crippen MR) is 70.7 cm³/mol. The third kappa shape index (κ3) is 5.45. The second kappa shape index (κ2) is 5.78. The van der Waals surface area contributed by atoms with Gasteiger partial charge in [-0.2, -0.15) is 0 Å². The Morgan fingerprint density at radius 3 is 2.80 bits per heavy atom. The average Bonchev–Trinajstić information content (AvgIpc) is 2.50. The van der Waals surface area contributed by atoms with Crippen LogP contribution in [0.25, 0.3) is 0 Å². The van der Waals surface area contributed by atoms with Crippen molar-refractivity contribution in [3.8, 4) is 0 Å². The van der Waals surface area contributed by atoms with E-state index in [0.717, 1.165) is 18.3 Å². The Morgan fingerprint density at radius 2 is 2.20 bits per heavy atom. The van der Waals surface area contributed by atoms with Crippen molar-refractivity contribution in [2.24, 2.45) is 10.4 Å². The van der Waals surface area contributed by atoms with E-state index >= 15 is 0 Å². The van der Waals surface area contributed by atoms with Gasteiger partial charge in [-0.25, -0.2) is 0 Å². The highest BCUT2D eigenvalue weighted by molar-refractivity contribution is 8.14. The summed E-state index contributed by atoms with van der Waals surface area (Å²) in [5.74, 6) is 0. The van der Waals surface area contributed by atoms with Gasteiger partial charge in [0.05, 0.1) is 6.54 Å². The Morgan fingerprint density at radius 1 is 1.47 bits per heavy atom. The third-order valence-electron chi connectivity index (χ3n) is 2.36. The van der Waals surface area contributed by atoms with Crippen LogP contribution in [0.4, 0.5) is 0 Å². The Kier molecular flexibility index (Phi) is 4.97. The van der Waals surface area contributed by atoms with Crippen LogP contribution in [0.1, 0.15) is 47.0 Å². The number of nitrogens with zero attached hydrogens (tertiary/aromatic N) is 1. The van der Waals surface area contributed by atoms with Gasteiger partial charge in [0, 0.05) is 11.8 Å².